The fraction of sp³-hybridized carbons (Fsp3) is 0.333. The van der Waals surface area contributed by atoms with Gasteiger partial charge in [-0.1, -0.05) is 0 Å². The van der Waals surface area contributed by atoms with Crippen LogP contribution in [-0.2, 0) is 0 Å². The lowest BCUT2D eigenvalue weighted by molar-refractivity contribution is 0.100. The molecule has 0 saturated carbocycles. The molecule has 3 rings (SSSR count). The van der Waals surface area contributed by atoms with Gasteiger partial charge in [-0.05, 0) is 32.0 Å². The van der Waals surface area contributed by atoms with Crippen LogP contribution in [0.5, 0.6) is 11.5 Å². The summed E-state index contributed by atoms with van der Waals surface area (Å²) in [6, 6.07) is 5.27. The highest BCUT2D eigenvalue weighted by molar-refractivity contribution is 7.15. The number of nitrogens with one attached hydrogen (secondary N) is 1. The molecule has 0 amide bonds. The Morgan fingerprint density at radius 3 is 2.76 bits per heavy atom. The molecule has 5 nitrogen and oxygen atoms in total. The minimum absolute atomic E-state index is 0.00233. The van der Waals surface area contributed by atoms with Crippen LogP contribution in [-0.4, -0.2) is 30.5 Å². The maximum Gasteiger partial charge on any atom is 0.183 e. The van der Waals surface area contributed by atoms with E-state index in [1.54, 1.807) is 29.5 Å². The lowest BCUT2D eigenvalue weighted by Crippen LogP contribution is -2.17. The van der Waals surface area contributed by atoms with Crippen molar-refractivity contribution in [3.63, 3.8) is 0 Å². The molecule has 0 spiro atoms. The van der Waals surface area contributed by atoms with E-state index in [1.165, 1.54) is 0 Å². The number of anilines is 1. The van der Waals surface area contributed by atoms with Crippen molar-refractivity contribution in [2.75, 3.05) is 25.1 Å². The number of rotatable bonds is 4. The minimum Gasteiger partial charge on any atom is -0.486 e. The van der Waals surface area contributed by atoms with E-state index in [9.17, 15) is 4.79 Å². The highest BCUT2D eigenvalue weighted by atomic mass is 32.1. The minimum atomic E-state index is -0.00233. The maximum absolute atomic E-state index is 12.2. The molecule has 0 bridgehead atoms. The number of aryl methyl sites for hydroxylation is 2. The number of hydrogen-bond donors (Lipinski definition) is 1. The zero-order valence-corrected chi connectivity index (χ0v) is 12.8. The summed E-state index contributed by atoms with van der Waals surface area (Å²) in [5.41, 5.74) is 1.60. The van der Waals surface area contributed by atoms with Crippen LogP contribution in [0.2, 0.25) is 0 Å². The standard InChI is InChI=1S/C15H16N2O3S/c1-9-10(2)21-15(17-9)16-8-12(18)11-3-4-13-14(7-11)20-6-5-19-13/h3-4,7H,5-6,8H2,1-2H3,(H,16,17). The number of thiazole rings is 1. The number of hydrogen-bond acceptors (Lipinski definition) is 6. The van der Waals surface area contributed by atoms with Crippen LogP contribution in [0.25, 0.3) is 0 Å². The maximum atomic E-state index is 12.2. The third-order valence-electron chi connectivity index (χ3n) is 3.29. The largest absolute Gasteiger partial charge is 0.486 e. The van der Waals surface area contributed by atoms with Crippen molar-refractivity contribution < 1.29 is 14.3 Å². The molecular weight excluding hydrogens is 288 g/mol. The van der Waals surface area contributed by atoms with Gasteiger partial charge in [0.2, 0.25) is 0 Å². The van der Waals surface area contributed by atoms with Crippen LogP contribution in [0.15, 0.2) is 18.2 Å². The van der Waals surface area contributed by atoms with E-state index in [-0.39, 0.29) is 12.3 Å². The SMILES string of the molecule is Cc1nc(NCC(=O)c2ccc3c(c2)OCCO3)sc1C. The number of aromatic nitrogens is 1. The number of benzene rings is 1. The first kappa shape index (κ1) is 13.9. The van der Waals surface area contributed by atoms with E-state index in [0.717, 1.165) is 15.7 Å². The van der Waals surface area contributed by atoms with Gasteiger partial charge in [-0.3, -0.25) is 4.79 Å². The second-order valence-electron chi connectivity index (χ2n) is 4.80. The Hall–Kier alpha value is -2.08. The highest BCUT2D eigenvalue weighted by Gasteiger charge is 2.15. The molecule has 2 heterocycles. The van der Waals surface area contributed by atoms with Crippen LogP contribution in [0.3, 0.4) is 0 Å². The number of ether oxygens (including phenoxy) is 2. The predicted octanol–water partition coefficient (Wildman–Crippen LogP) is 2.83. The van der Waals surface area contributed by atoms with Crippen molar-refractivity contribution in [1.29, 1.82) is 0 Å². The summed E-state index contributed by atoms with van der Waals surface area (Å²) in [6.07, 6.45) is 0. The summed E-state index contributed by atoms with van der Waals surface area (Å²) >= 11 is 1.56. The smallest absolute Gasteiger partial charge is 0.183 e. The van der Waals surface area contributed by atoms with Gasteiger partial charge in [-0.25, -0.2) is 4.98 Å². The number of nitrogens with zero attached hydrogens (tertiary/aromatic N) is 1. The summed E-state index contributed by atoms with van der Waals surface area (Å²) in [7, 11) is 0. The first-order valence-corrected chi connectivity index (χ1v) is 7.56. The van der Waals surface area contributed by atoms with Gasteiger partial charge in [-0.2, -0.15) is 0 Å². The average molecular weight is 304 g/mol. The van der Waals surface area contributed by atoms with Crippen molar-refractivity contribution >= 4 is 22.3 Å². The molecule has 1 N–H and O–H groups in total. The van der Waals surface area contributed by atoms with Crippen molar-refractivity contribution in [2.24, 2.45) is 0 Å². The van der Waals surface area contributed by atoms with E-state index >= 15 is 0 Å². The number of Topliss-reactive ketones (excluding diaryl/α,β-unsaturated/α-hetero) is 1. The third-order valence-corrected chi connectivity index (χ3v) is 4.32. The Balaban J connectivity index is 1.67. The molecule has 0 aliphatic carbocycles. The van der Waals surface area contributed by atoms with Gasteiger partial charge in [0.25, 0.3) is 0 Å². The first-order chi connectivity index (χ1) is 10.1. The zero-order chi connectivity index (χ0) is 14.8. The molecule has 0 unspecified atom stereocenters. The molecule has 110 valence electrons. The summed E-state index contributed by atoms with van der Waals surface area (Å²) in [4.78, 5) is 17.7. The molecule has 6 heteroatoms. The van der Waals surface area contributed by atoms with Gasteiger partial charge in [0.1, 0.15) is 13.2 Å². The number of fused-ring (bicyclic) bond motifs is 1. The molecule has 1 aliphatic rings. The van der Waals surface area contributed by atoms with E-state index in [4.69, 9.17) is 9.47 Å². The van der Waals surface area contributed by atoms with E-state index in [1.807, 2.05) is 13.8 Å². The lowest BCUT2D eigenvalue weighted by Gasteiger charge is -2.18. The van der Waals surface area contributed by atoms with Gasteiger partial charge < -0.3 is 14.8 Å². The third kappa shape index (κ3) is 3.00. The molecule has 1 aliphatic heterocycles. The van der Waals surface area contributed by atoms with E-state index < -0.39 is 0 Å². The van der Waals surface area contributed by atoms with Crippen LogP contribution < -0.4 is 14.8 Å². The van der Waals surface area contributed by atoms with Crippen molar-refractivity contribution in [3.05, 3.63) is 34.3 Å². The van der Waals surface area contributed by atoms with Crippen LogP contribution in [0, 0.1) is 13.8 Å². The zero-order valence-electron chi connectivity index (χ0n) is 11.9. The molecule has 0 atom stereocenters. The van der Waals surface area contributed by atoms with E-state index in [0.29, 0.717) is 30.3 Å². The molecule has 21 heavy (non-hydrogen) atoms. The molecule has 1 aromatic carbocycles. The van der Waals surface area contributed by atoms with Crippen molar-refractivity contribution in [3.8, 4) is 11.5 Å². The molecule has 1 aromatic heterocycles. The quantitative estimate of drug-likeness (QED) is 0.880. The summed E-state index contributed by atoms with van der Waals surface area (Å²) < 4.78 is 10.9. The molecule has 0 radical (unpaired) electrons. The Bertz CT molecular complexity index is 662. The average Bonchev–Trinajstić information content (AvgIpc) is 2.83. The van der Waals surface area contributed by atoms with Gasteiger partial charge >= 0.3 is 0 Å². The number of carbonyl (C=O) groups is 1. The monoisotopic (exact) mass is 304 g/mol. The first-order valence-electron chi connectivity index (χ1n) is 6.74. The van der Waals surface area contributed by atoms with Crippen LogP contribution in [0.1, 0.15) is 20.9 Å². The molecule has 0 fully saturated rings. The fourth-order valence-electron chi connectivity index (χ4n) is 2.02. The second-order valence-corrected chi connectivity index (χ2v) is 6.00. The van der Waals surface area contributed by atoms with Gasteiger partial charge in [0, 0.05) is 10.4 Å². The number of ketones is 1. The Morgan fingerprint density at radius 2 is 2.05 bits per heavy atom. The normalized spacial score (nSPS) is 13.0. The number of carbonyl (C=O) groups excluding carboxylic acids is 1. The Kier molecular flexibility index (Phi) is 3.79. The molecular formula is C15H16N2O3S. The highest BCUT2D eigenvalue weighted by Crippen LogP contribution is 2.31. The van der Waals surface area contributed by atoms with Crippen molar-refractivity contribution in [1.82, 2.24) is 4.98 Å². The van der Waals surface area contributed by atoms with Crippen LogP contribution >= 0.6 is 11.3 Å². The Labute approximate surface area is 126 Å². The van der Waals surface area contributed by atoms with Gasteiger partial charge in [-0.15, -0.1) is 11.3 Å². The summed E-state index contributed by atoms with van der Waals surface area (Å²) in [5.74, 6) is 1.32. The summed E-state index contributed by atoms with van der Waals surface area (Å²) in [6.45, 7) is 5.25. The molecule has 0 saturated heterocycles. The molecule has 2 aromatic rings. The Morgan fingerprint density at radius 1 is 1.29 bits per heavy atom. The topological polar surface area (TPSA) is 60.5 Å². The summed E-state index contributed by atoms with van der Waals surface area (Å²) in [5, 5.41) is 3.84. The van der Waals surface area contributed by atoms with Crippen LogP contribution in [0.4, 0.5) is 5.13 Å². The second kappa shape index (κ2) is 5.73. The van der Waals surface area contributed by atoms with Gasteiger partial charge in [0.05, 0.1) is 12.2 Å². The lowest BCUT2D eigenvalue weighted by atomic mass is 10.1. The van der Waals surface area contributed by atoms with Gasteiger partial charge in [0.15, 0.2) is 22.4 Å². The van der Waals surface area contributed by atoms with Crippen molar-refractivity contribution in [2.45, 2.75) is 13.8 Å². The predicted molar refractivity (Wildman–Crippen MR) is 81.8 cm³/mol. The van der Waals surface area contributed by atoms with E-state index in [2.05, 4.69) is 10.3 Å². The fourth-order valence-corrected chi connectivity index (χ4v) is 2.83.